The van der Waals surface area contributed by atoms with Crippen LogP contribution in [-0.4, -0.2) is 37.9 Å². The molecule has 1 aliphatic rings. The Labute approximate surface area is 169 Å². The van der Waals surface area contributed by atoms with Gasteiger partial charge in [-0.05, 0) is 43.3 Å². The zero-order valence-electron chi connectivity index (χ0n) is 16.3. The number of carbonyl (C=O) groups excluding carboxylic acids is 1. The second kappa shape index (κ2) is 7.44. The molecule has 3 aromatic rings. The van der Waals surface area contributed by atoms with E-state index in [0.29, 0.717) is 30.4 Å². The number of carbonyl (C=O) groups is 1. The van der Waals surface area contributed by atoms with Gasteiger partial charge in [-0.3, -0.25) is 4.79 Å². The van der Waals surface area contributed by atoms with Crippen molar-refractivity contribution in [2.75, 3.05) is 24.3 Å². The quantitative estimate of drug-likeness (QED) is 0.693. The number of nitrogens with zero attached hydrogens (tertiary/aromatic N) is 1. The number of fused-ring (bicyclic) bond motifs is 2. The largest absolute Gasteiger partial charge is 0.486 e. The van der Waals surface area contributed by atoms with Gasteiger partial charge >= 0.3 is 0 Å². The predicted molar refractivity (Wildman–Crippen MR) is 110 cm³/mol. The molecule has 0 radical (unpaired) electrons. The van der Waals surface area contributed by atoms with E-state index in [2.05, 4.69) is 9.88 Å². The predicted octanol–water partition coefficient (Wildman–Crippen LogP) is 3.06. The van der Waals surface area contributed by atoms with Crippen molar-refractivity contribution in [3.05, 3.63) is 48.2 Å². The second-order valence-corrected chi connectivity index (χ2v) is 9.15. The average molecular weight is 414 g/mol. The summed E-state index contributed by atoms with van der Waals surface area (Å²) in [6.07, 6.45) is -0.136. The molecule has 0 spiro atoms. The van der Waals surface area contributed by atoms with Crippen molar-refractivity contribution >= 4 is 32.3 Å². The van der Waals surface area contributed by atoms with Crippen LogP contribution in [0.1, 0.15) is 12.1 Å². The summed E-state index contributed by atoms with van der Waals surface area (Å²) in [7, 11) is -1.63. The number of anilines is 1. The molecule has 0 fully saturated rings. The zero-order chi connectivity index (χ0) is 20.6. The number of ether oxygens (including phenoxy) is 2. The number of rotatable bonds is 5. The molecule has 1 N–H and O–H groups in total. The van der Waals surface area contributed by atoms with Crippen molar-refractivity contribution in [1.82, 2.24) is 4.57 Å². The third-order valence-electron chi connectivity index (χ3n) is 5.04. The molecule has 0 aliphatic carbocycles. The van der Waals surface area contributed by atoms with E-state index in [9.17, 15) is 13.2 Å². The Morgan fingerprint density at radius 1 is 1.07 bits per heavy atom. The Morgan fingerprint density at radius 3 is 2.62 bits per heavy atom. The smallest absolute Gasteiger partial charge is 0.225 e. The van der Waals surface area contributed by atoms with Crippen molar-refractivity contribution in [1.29, 1.82) is 0 Å². The number of aromatic nitrogens is 1. The van der Waals surface area contributed by atoms with Crippen molar-refractivity contribution in [3.8, 4) is 11.5 Å². The maximum Gasteiger partial charge on any atom is 0.225 e. The molecule has 0 bridgehead atoms. The number of benzene rings is 2. The van der Waals surface area contributed by atoms with Crippen LogP contribution in [0.15, 0.2) is 47.4 Å². The van der Waals surface area contributed by atoms with Crippen LogP contribution in [0.2, 0.25) is 0 Å². The van der Waals surface area contributed by atoms with E-state index in [-0.39, 0.29) is 23.0 Å². The highest BCUT2D eigenvalue weighted by Crippen LogP contribution is 2.32. The van der Waals surface area contributed by atoms with E-state index in [1.165, 1.54) is 12.1 Å². The van der Waals surface area contributed by atoms with Crippen LogP contribution in [0.4, 0.5) is 5.69 Å². The van der Waals surface area contributed by atoms with Gasteiger partial charge in [-0.1, -0.05) is 0 Å². The van der Waals surface area contributed by atoms with E-state index >= 15 is 0 Å². The summed E-state index contributed by atoms with van der Waals surface area (Å²) in [4.78, 5) is 12.4. The lowest BCUT2D eigenvalue weighted by atomic mass is 10.2. The summed E-state index contributed by atoms with van der Waals surface area (Å²) in [6, 6.07) is 12.2. The van der Waals surface area contributed by atoms with Crippen LogP contribution >= 0.6 is 0 Å². The van der Waals surface area contributed by atoms with Crippen molar-refractivity contribution in [2.45, 2.75) is 18.2 Å². The first-order chi connectivity index (χ1) is 13.8. The van der Waals surface area contributed by atoms with Gasteiger partial charge in [0.25, 0.3) is 0 Å². The molecular formula is C21H22N2O5S. The van der Waals surface area contributed by atoms with Gasteiger partial charge in [0.1, 0.15) is 13.2 Å². The first-order valence-corrected chi connectivity index (χ1v) is 11.0. The first kappa shape index (κ1) is 19.3. The SMILES string of the molecule is Cc1cc2cc(NC(=O)CCS(=O)(=O)c3ccc4c(c3)OCCO4)ccc2n1C. The van der Waals surface area contributed by atoms with E-state index in [1.54, 1.807) is 6.07 Å². The minimum absolute atomic E-state index is 0.121. The summed E-state index contributed by atoms with van der Waals surface area (Å²) in [6.45, 7) is 2.83. The number of amides is 1. The number of aryl methyl sites for hydroxylation is 2. The first-order valence-electron chi connectivity index (χ1n) is 9.32. The summed E-state index contributed by atoms with van der Waals surface area (Å²) in [5.41, 5.74) is 2.83. The molecule has 0 saturated carbocycles. The van der Waals surface area contributed by atoms with Crippen molar-refractivity contribution in [2.24, 2.45) is 7.05 Å². The average Bonchev–Trinajstić information content (AvgIpc) is 2.99. The highest BCUT2D eigenvalue weighted by Gasteiger charge is 2.20. The van der Waals surface area contributed by atoms with Crippen LogP contribution < -0.4 is 14.8 Å². The van der Waals surface area contributed by atoms with Gasteiger partial charge in [0.2, 0.25) is 5.91 Å². The maximum absolute atomic E-state index is 12.6. The van der Waals surface area contributed by atoms with Gasteiger partial charge in [0.15, 0.2) is 21.3 Å². The van der Waals surface area contributed by atoms with Crippen LogP contribution in [0.5, 0.6) is 11.5 Å². The molecule has 4 rings (SSSR count). The van der Waals surface area contributed by atoms with Crippen LogP contribution in [0.3, 0.4) is 0 Å². The highest BCUT2D eigenvalue weighted by atomic mass is 32.2. The number of nitrogens with one attached hydrogen (secondary N) is 1. The summed E-state index contributed by atoms with van der Waals surface area (Å²) in [5.74, 6) is 0.302. The van der Waals surface area contributed by atoms with E-state index in [1.807, 2.05) is 38.2 Å². The standard InChI is InChI=1S/C21H22N2O5S/c1-14-11-15-12-16(3-5-18(15)23(14)2)22-21(24)7-10-29(25,26)17-4-6-19-20(13-17)28-9-8-27-19/h3-6,11-13H,7-10H2,1-2H3,(H,22,24). The Balaban J connectivity index is 1.42. The van der Waals surface area contributed by atoms with Crippen molar-refractivity contribution in [3.63, 3.8) is 0 Å². The third kappa shape index (κ3) is 3.93. The van der Waals surface area contributed by atoms with Gasteiger partial charge < -0.3 is 19.4 Å². The number of sulfone groups is 1. The van der Waals surface area contributed by atoms with Gasteiger partial charge in [-0.15, -0.1) is 0 Å². The molecule has 8 heteroatoms. The molecule has 0 saturated heterocycles. The minimum Gasteiger partial charge on any atom is -0.486 e. The molecule has 1 aromatic heterocycles. The minimum atomic E-state index is -3.62. The molecule has 0 atom stereocenters. The lowest BCUT2D eigenvalue weighted by Gasteiger charge is -2.18. The van der Waals surface area contributed by atoms with Gasteiger partial charge in [-0.2, -0.15) is 0 Å². The monoisotopic (exact) mass is 414 g/mol. The highest BCUT2D eigenvalue weighted by molar-refractivity contribution is 7.91. The fourth-order valence-corrected chi connectivity index (χ4v) is 4.60. The molecule has 2 heterocycles. The summed E-state index contributed by atoms with van der Waals surface area (Å²) in [5, 5.41) is 3.80. The molecule has 1 aliphatic heterocycles. The van der Waals surface area contributed by atoms with Crippen LogP contribution in [0, 0.1) is 6.92 Å². The van der Waals surface area contributed by atoms with Crippen LogP contribution in [0.25, 0.3) is 10.9 Å². The molecule has 0 unspecified atom stereocenters. The van der Waals surface area contributed by atoms with E-state index in [4.69, 9.17) is 9.47 Å². The Kier molecular flexibility index (Phi) is 4.96. The molecule has 7 nitrogen and oxygen atoms in total. The van der Waals surface area contributed by atoms with E-state index < -0.39 is 9.84 Å². The zero-order valence-corrected chi connectivity index (χ0v) is 17.1. The van der Waals surface area contributed by atoms with Gasteiger partial charge in [-0.25, -0.2) is 8.42 Å². The summed E-state index contributed by atoms with van der Waals surface area (Å²) < 4.78 is 38.1. The van der Waals surface area contributed by atoms with Crippen LogP contribution in [-0.2, 0) is 21.7 Å². The lowest BCUT2D eigenvalue weighted by molar-refractivity contribution is -0.115. The molecule has 152 valence electrons. The molecule has 29 heavy (non-hydrogen) atoms. The number of hydrogen-bond acceptors (Lipinski definition) is 5. The number of hydrogen-bond donors (Lipinski definition) is 1. The van der Waals surface area contributed by atoms with Gasteiger partial charge in [0, 0.05) is 41.8 Å². The summed E-state index contributed by atoms with van der Waals surface area (Å²) >= 11 is 0. The second-order valence-electron chi connectivity index (χ2n) is 7.04. The molecule has 2 aromatic carbocycles. The Morgan fingerprint density at radius 2 is 1.83 bits per heavy atom. The fraction of sp³-hybridized carbons (Fsp3) is 0.286. The topological polar surface area (TPSA) is 86.6 Å². The normalized spacial score (nSPS) is 13.4. The molecule has 1 amide bonds. The maximum atomic E-state index is 12.6. The van der Waals surface area contributed by atoms with Crippen molar-refractivity contribution < 1.29 is 22.7 Å². The third-order valence-corrected chi connectivity index (χ3v) is 6.75. The van der Waals surface area contributed by atoms with Gasteiger partial charge in [0.05, 0.1) is 10.6 Å². The Bertz CT molecular complexity index is 1200. The lowest BCUT2D eigenvalue weighted by Crippen LogP contribution is -2.18. The van der Waals surface area contributed by atoms with E-state index in [0.717, 1.165) is 16.6 Å². The Hall–Kier alpha value is -3.00. The molecular weight excluding hydrogens is 392 g/mol. The fourth-order valence-electron chi connectivity index (χ4n) is 3.35.